The lowest BCUT2D eigenvalue weighted by Crippen LogP contribution is -2.36. The lowest BCUT2D eigenvalue weighted by Gasteiger charge is -2.35. The molecule has 0 bridgehead atoms. The molecule has 1 aliphatic rings. The van der Waals surface area contributed by atoms with E-state index < -0.39 is 0 Å². The summed E-state index contributed by atoms with van der Waals surface area (Å²) in [6.45, 7) is 3.35. The lowest BCUT2D eigenvalue weighted by atomic mass is 9.80. The lowest BCUT2D eigenvalue weighted by molar-refractivity contribution is -0.133. The fraction of sp³-hybridized carbons (Fsp3) is 0.562. The van der Waals surface area contributed by atoms with Crippen LogP contribution in [0.4, 0.5) is 5.69 Å². The Bertz CT molecular complexity index is 456. The summed E-state index contributed by atoms with van der Waals surface area (Å²) in [7, 11) is 1.84. The second kappa shape index (κ2) is 6.75. The van der Waals surface area contributed by atoms with Crippen LogP contribution in [0.5, 0.6) is 0 Å². The molecule has 4 nitrogen and oxygen atoms in total. The van der Waals surface area contributed by atoms with Gasteiger partial charge in [-0.05, 0) is 37.3 Å². The molecule has 0 aromatic heterocycles. The van der Waals surface area contributed by atoms with E-state index in [0.717, 1.165) is 30.7 Å². The first-order valence-electron chi connectivity index (χ1n) is 7.29. The topological polar surface area (TPSA) is 55.6 Å². The van der Waals surface area contributed by atoms with Gasteiger partial charge in [0.25, 0.3) is 0 Å². The molecular formula is C16H24N2O2. The number of hydrogen-bond acceptors (Lipinski definition) is 3. The number of para-hydroxylation sites is 1. The van der Waals surface area contributed by atoms with Crippen LogP contribution in [0.15, 0.2) is 24.3 Å². The maximum atomic E-state index is 12.2. The summed E-state index contributed by atoms with van der Waals surface area (Å²) in [6, 6.07) is 7.69. The molecule has 0 atom stereocenters. The van der Waals surface area contributed by atoms with Crippen molar-refractivity contribution in [3.8, 4) is 0 Å². The van der Waals surface area contributed by atoms with Crippen molar-refractivity contribution in [3.05, 3.63) is 29.8 Å². The van der Waals surface area contributed by atoms with E-state index in [9.17, 15) is 4.79 Å². The molecule has 2 N–H and O–H groups in total. The molecule has 1 aromatic rings. The van der Waals surface area contributed by atoms with Gasteiger partial charge in [-0.2, -0.15) is 0 Å². The van der Waals surface area contributed by atoms with Gasteiger partial charge in [0, 0.05) is 32.3 Å². The average molecular weight is 276 g/mol. The normalized spacial score (nSPS) is 21.3. The Hall–Kier alpha value is -1.55. The number of nitrogens with two attached hydrogens (primary N) is 1. The molecule has 0 spiro atoms. The molecule has 2 rings (SSSR count). The van der Waals surface area contributed by atoms with Gasteiger partial charge in [0.15, 0.2) is 0 Å². The van der Waals surface area contributed by atoms with E-state index in [1.807, 2.05) is 38.2 Å². The van der Waals surface area contributed by atoms with Crippen molar-refractivity contribution in [2.24, 2.45) is 5.92 Å². The van der Waals surface area contributed by atoms with Gasteiger partial charge in [-0.15, -0.1) is 0 Å². The Morgan fingerprint density at radius 1 is 1.40 bits per heavy atom. The van der Waals surface area contributed by atoms with E-state index in [4.69, 9.17) is 10.5 Å². The number of rotatable bonds is 6. The van der Waals surface area contributed by atoms with Crippen LogP contribution in [-0.4, -0.2) is 30.6 Å². The molecule has 1 aliphatic carbocycles. The van der Waals surface area contributed by atoms with Gasteiger partial charge < -0.3 is 15.4 Å². The van der Waals surface area contributed by atoms with Crippen molar-refractivity contribution in [1.29, 1.82) is 0 Å². The van der Waals surface area contributed by atoms with Crippen LogP contribution < -0.4 is 5.73 Å². The molecule has 0 heterocycles. The van der Waals surface area contributed by atoms with Crippen molar-refractivity contribution in [2.75, 3.05) is 19.4 Å². The monoisotopic (exact) mass is 276 g/mol. The Labute approximate surface area is 120 Å². The molecule has 1 aromatic carbocycles. The molecule has 4 heteroatoms. The number of carbonyl (C=O) groups is 1. The predicted molar refractivity (Wildman–Crippen MR) is 80.1 cm³/mol. The second-order valence-electron chi connectivity index (χ2n) is 5.57. The third kappa shape index (κ3) is 3.73. The smallest absolute Gasteiger partial charge is 0.222 e. The zero-order valence-electron chi connectivity index (χ0n) is 12.3. The van der Waals surface area contributed by atoms with Crippen molar-refractivity contribution < 1.29 is 9.53 Å². The average Bonchev–Trinajstić information content (AvgIpc) is 2.38. The molecule has 1 fully saturated rings. The van der Waals surface area contributed by atoms with Gasteiger partial charge in [-0.25, -0.2) is 0 Å². The quantitative estimate of drug-likeness (QED) is 0.812. The van der Waals surface area contributed by atoms with Crippen LogP contribution in [0.3, 0.4) is 0 Å². The minimum Gasteiger partial charge on any atom is -0.398 e. The number of nitrogen functional groups attached to an aromatic ring is 1. The van der Waals surface area contributed by atoms with E-state index in [1.54, 1.807) is 4.90 Å². The highest BCUT2D eigenvalue weighted by atomic mass is 16.5. The van der Waals surface area contributed by atoms with Crippen LogP contribution in [0, 0.1) is 5.92 Å². The number of benzene rings is 1. The number of nitrogens with zero attached hydrogens (tertiary/aromatic N) is 1. The molecule has 1 amide bonds. The number of ether oxygens (including phenoxy) is 1. The minimum atomic E-state index is 0.188. The molecule has 0 aliphatic heterocycles. The van der Waals surface area contributed by atoms with Crippen LogP contribution in [0.2, 0.25) is 0 Å². The van der Waals surface area contributed by atoms with E-state index in [2.05, 4.69) is 0 Å². The summed E-state index contributed by atoms with van der Waals surface area (Å²) in [4.78, 5) is 13.9. The minimum absolute atomic E-state index is 0.188. The van der Waals surface area contributed by atoms with Crippen molar-refractivity contribution in [2.45, 2.75) is 38.8 Å². The highest BCUT2D eigenvalue weighted by Crippen LogP contribution is 2.33. The van der Waals surface area contributed by atoms with Gasteiger partial charge in [0.1, 0.15) is 0 Å². The fourth-order valence-electron chi connectivity index (χ4n) is 2.64. The SMILES string of the molecule is CCOC1CC(CC(=O)N(C)Cc2ccccc2N)C1. The summed E-state index contributed by atoms with van der Waals surface area (Å²) in [5.41, 5.74) is 7.65. The maximum absolute atomic E-state index is 12.2. The van der Waals surface area contributed by atoms with Gasteiger partial charge in [0.2, 0.25) is 5.91 Å². The second-order valence-corrected chi connectivity index (χ2v) is 5.57. The van der Waals surface area contributed by atoms with Gasteiger partial charge in [-0.1, -0.05) is 18.2 Å². The standard InChI is InChI=1S/C16H24N2O2/c1-3-20-14-8-12(9-14)10-16(19)18(2)11-13-6-4-5-7-15(13)17/h4-7,12,14H,3,8-11,17H2,1-2H3. The number of amides is 1. The molecular weight excluding hydrogens is 252 g/mol. The summed E-state index contributed by atoms with van der Waals surface area (Å²) in [5.74, 6) is 0.669. The van der Waals surface area contributed by atoms with Crippen molar-refractivity contribution >= 4 is 11.6 Å². The summed E-state index contributed by atoms with van der Waals surface area (Å²) < 4.78 is 5.52. The summed E-state index contributed by atoms with van der Waals surface area (Å²) in [5, 5.41) is 0. The molecule has 20 heavy (non-hydrogen) atoms. The van der Waals surface area contributed by atoms with Crippen LogP contribution in [0.1, 0.15) is 31.7 Å². The first-order chi connectivity index (χ1) is 9.60. The zero-order valence-corrected chi connectivity index (χ0v) is 12.3. The first-order valence-corrected chi connectivity index (χ1v) is 7.29. The van der Waals surface area contributed by atoms with Gasteiger partial charge in [-0.3, -0.25) is 4.79 Å². The third-order valence-corrected chi connectivity index (χ3v) is 3.95. The van der Waals surface area contributed by atoms with Gasteiger partial charge in [0.05, 0.1) is 6.10 Å². The van der Waals surface area contributed by atoms with Crippen LogP contribution in [0.25, 0.3) is 0 Å². The van der Waals surface area contributed by atoms with Crippen molar-refractivity contribution in [1.82, 2.24) is 4.90 Å². The van der Waals surface area contributed by atoms with Crippen LogP contribution in [-0.2, 0) is 16.1 Å². The molecule has 0 radical (unpaired) electrons. The number of hydrogen-bond donors (Lipinski definition) is 1. The number of carbonyl (C=O) groups excluding carboxylic acids is 1. The third-order valence-electron chi connectivity index (χ3n) is 3.95. The fourth-order valence-corrected chi connectivity index (χ4v) is 2.64. The zero-order chi connectivity index (χ0) is 14.5. The molecule has 110 valence electrons. The Morgan fingerprint density at radius 3 is 2.75 bits per heavy atom. The van der Waals surface area contributed by atoms with E-state index in [0.29, 0.717) is 25.0 Å². The van der Waals surface area contributed by atoms with E-state index in [1.165, 1.54) is 0 Å². The van der Waals surface area contributed by atoms with E-state index >= 15 is 0 Å². The highest BCUT2D eigenvalue weighted by molar-refractivity contribution is 5.76. The Balaban J connectivity index is 1.77. The van der Waals surface area contributed by atoms with Crippen LogP contribution >= 0.6 is 0 Å². The summed E-state index contributed by atoms with van der Waals surface area (Å²) >= 11 is 0. The Kier molecular flexibility index (Phi) is 5.01. The summed E-state index contributed by atoms with van der Waals surface area (Å²) in [6.07, 6.45) is 3.02. The molecule has 0 unspecified atom stereocenters. The maximum Gasteiger partial charge on any atom is 0.222 e. The Morgan fingerprint density at radius 2 is 2.10 bits per heavy atom. The predicted octanol–water partition coefficient (Wildman–Crippen LogP) is 2.43. The first kappa shape index (κ1) is 14.9. The highest BCUT2D eigenvalue weighted by Gasteiger charge is 2.31. The molecule has 1 saturated carbocycles. The van der Waals surface area contributed by atoms with Gasteiger partial charge >= 0.3 is 0 Å². The van der Waals surface area contributed by atoms with E-state index in [-0.39, 0.29) is 5.91 Å². The molecule has 0 saturated heterocycles. The van der Waals surface area contributed by atoms with Crippen molar-refractivity contribution in [3.63, 3.8) is 0 Å². The largest absolute Gasteiger partial charge is 0.398 e. The number of anilines is 1.